The van der Waals surface area contributed by atoms with Crippen LogP contribution >= 0.6 is 0 Å². The highest BCUT2D eigenvalue weighted by Crippen LogP contribution is 2.30. The average Bonchev–Trinajstić information content (AvgIpc) is 2.93. The van der Waals surface area contributed by atoms with Crippen LogP contribution in [0.25, 0.3) is 0 Å². The number of ketones is 1. The Morgan fingerprint density at radius 1 is 1.37 bits per heavy atom. The fraction of sp³-hybridized carbons (Fsp3) is 0.533. The Hall–Kier alpha value is -1.71. The van der Waals surface area contributed by atoms with Crippen molar-refractivity contribution in [1.29, 1.82) is 0 Å². The molecule has 1 heterocycles. The van der Waals surface area contributed by atoms with E-state index in [2.05, 4.69) is 4.98 Å². The maximum Gasteiger partial charge on any atom is 0.225 e. The molecular formula is C15H20N2O2. The van der Waals surface area contributed by atoms with Gasteiger partial charge in [-0.2, -0.15) is 0 Å². The van der Waals surface area contributed by atoms with Crippen molar-refractivity contribution in [3.8, 4) is 0 Å². The number of carbonyl (C=O) groups excluding carboxylic acids is 2. The SMILES string of the molecule is CCN(C(C)=O)c1ncccc1C(=O)C1CCCC1. The average molecular weight is 260 g/mol. The van der Waals surface area contributed by atoms with Gasteiger partial charge in [0.2, 0.25) is 5.91 Å². The first-order chi connectivity index (χ1) is 9.15. The molecule has 19 heavy (non-hydrogen) atoms. The van der Waals surface area contributed by atoms with E-state index >= 15 is 0 Å². The Balaban J connectivity index is 2.34. The van der Waals surface area contributed by atoms with Crippen LogP contribution in [0.3, 0.4) is 0 Å². The van der Waals surface area contributed by atoms with E-state index < -0.39 is 0 Å². The quantitative estimate of drug-likeness (QED) is 0.782. The summed E-state index contributed by atoms with van der Waals surface area (Å²) in [7, 11) is 0. The highest BCUT2D eigenvalue weighted by Gasteiger charge is 2.27. The molecule has 0 N–H and O–H groups in total. The van der Waals surface area contributed by atoms with Crippen LogP contribution in [0, 0.1) is 5.92 Å². The molecule has 0 atom stereocenters. The molecule has 102 valence electrons. The first kappa shape index (κ1) is 13.7. The highest BCUT2D eigenvalue weighted by atomic mass is 16.2. The maximum absolute atomic E-state index is 12.5. The molecule has 1 aromatic heterocycles. The van der Waals surface area contributed by atoms with Gasteiger partial charge in [0.05, 0.1) is 5.56 Å². The van der Waals surface area contributed by atoms with E-state index in [9.17, 15) is 9.59 Å². The van der Waals surface area contributed by atoms with E-state index in [1.54, 1.807) is 23.2 Å². The number of nitrogens with zero attached hydrogens (tertiary/aromatic N) is 2. The number of pyridine rings is 1. The number of hydrogen-bond acceptors (Lipinski definition) is 3. The Bertz CT molecular complexity index is 479. The zero-order valence-electron chi connectivity index (χ0n) is 11.6. The van der Waals surface area contributed by atoms with Crippen LogP contribution in [0.4, 0.5) is 5.82 Å². The van der Waals surface area contributed by atoms with E-state index in [-0.39, 0.29) is 17.6 Å². The summed E-state index contributed by atoms with van der Waals surface area (Å²) in [6.07, 6.45) is 5.79. The summed E-state index contributed by atoms with van der Waals surface area (Å²) in [5.41, 5.74) is 0.589. The number of rotatable bonds is 4. The molecule has 1 aromatic rings. The molecule has 0 radical (unpaired) electrons. The second-order valence-electron chi connectivity index (χ2n) is 4.98. The third-order valence-electron chi connectivity index (χ3n) is 3.73. The smallest absolute Gasteiger partial charge is 0.225 e. The number of Topliss-reactive ketones (excluding diaryl/α,β-unsaturated/α-hetero) is 1. The van der Waals surface area contributed by atoms with Gasteiger partial charge in [-0.3, -0.25) is 14.5 Å². The minimum Gasteiger partial charge on any atom is -0.297 e. The van der Waals surface area contributed by atoms with Crippen molar-refractivity contribution < 1.29 is 9.59 Å². The standard InChI is InChI=1S/C15H20N2O2/c1-3-17(11(2)18)15-13(9-6-10-16-15)14(19)12-7-4-5-8-12/h6,9-10,12H,3-5,7-8H2,1-2H3. The van der Waals surface area contributed by atoms with Crippen LogP contribution in [-0.4, -0.2) is 23.2 Å². The first-order valence-corrected chi connectivity index (χ1v) is 6.92. The largest absolute Gasteiger partial charge is 0.297 e. The number of anilines is 1. The molecule has 0 aromatic carbocycles. The summed E-state index contributed by atoms with van der Waals surface area (Å²) in [5.74, 6) is 0.671. The first-order valence-electron chi connectivity index (χ1n) is 6.92. The molecule has 1 fully saturated rings. The van der Waals surface area contributed by atoms with Crippen molar-refractivity contribution in [3.63, 3.8) is 0 Å². The van der Waals surface area contributed by atoms with E-state index in [4.69, 9.17) is 0 Å². The maximum atomic E-state index is 12.5. The minimum atomic E-state index is -0.0818. The molecule has 2 rings (SSSR count). The van der Waals surface area contributed by atoms with Crippen LogP contribution in [0.5, 0.6) is 0 Å². The number of aromatic nitrogens is 1. The monoisotopic (exact) mass is 260 g/mol. The molecule has 1 saturated carbocycles. The second kappa shape index (κ2) is 5.95. The number of amides is 1. The molecule has 4 nitrogen and oxygen atoms in total. The molecule has 1 amide bonds. The summed E-state index contributed by atoms with van der Waals surface area (Å²) in [6.45, 7) is 3.92. The lowest BCUT2D eigenvalue weighted by Crippen LogP contribution is -2.31. The summed E-state index contributed by atoms with van der Waals surface area (Å²) in [6, 6.07) is 3.55. The highest BCUT2D eigenvalue weighted by molar-refractivity contribution is 6.05. The topological polar surface area (TPSA) is 50.3 Å². The van der Waals surface area contributed by atoms with Crippen LogP contribution in [-0.2, 0) is 4.79 Å². The van der Waals surface area contributed by atoms with Gasteiger partial charge in [0.25, 0.3) is 0 Å². The Labute approximate surface area is 113 Å². The lowest BCUT2D eigenvalue weighted by molar-refractivity contribution is -0.116. The van der Waals surface area contributed by atoms with Crippen molar-refractivity contribution in [2.45, 2.75) is 39.5 Å². The van der Waals surface area contributed by atoms with Gasteiger partial charge >= 0.3 is 0 Å². The van der Waals surface area contributed by atoms with E-state index in [1.807, 2.05) is 6.92 Å². The van der Waals surface area contributed by atoms with E-state index in [0.717, 1.165) is 25.7 Å². The molecular weight excluding hydrogens is 240 g/mol. The van der Waals surface area contributed by atoms with Gasteiger partial charge in [0.15, 0.2) is 5.78 Å². The molecule has 0 bridgehead atoms. The van der Waals surface area contributed by atoms with Gasteiger partial charge in [0.1, 0.15) is 5.82 Å². The molecule has 0 aliphatic heterocycles. The lowest BCUT2D eigenvalue weighted by Gasteiger charge is -2.21. The third-order valence-corrected chi connectivity index (χ3v) is 3.73. The summed E-state index contributed by atoms with van der Waals surface area (Å²) >= 11 is 0. The predicted octanol–water partition coefficient (Wildman–Crippen LogP) is 2.83. The van der Waals surface area contributed by atoms with Gasteiger partial charge in [-0.15, -0.1) is 0 Å². The molecule has 1 aliphatic rings. The Kier molecular flexibility index (Phi) is 4.30. The zero-order valence-corrected chi connectivity index (χ0v) is 11.6. The van der Waals surface area contributed by atoms with Crippen LogP contribution in [0.2, 0.25) is 0 Å². The van der Waals surface area contributed by atoms with Crippen molar-refractivity contribution in [2.24, 2.45) is 5.92 Å². The Morgan fingerprint density at radius 3 is 2.63 bits per heavy atom. The molecule has 1 aliphatic carbocycles. The van der Waals surface area contributed by atoms with E-state index in [1.165, 1.54) is 6.92 Å². The predicted molar refractivity (Wildman–Crippen MR) is 74.2 cm³/mol. The number of carbonyl (C=O) groups is 2. The zero-order chi connectivity index (χ0) is 13.8. The summed E-state index contributed by atoms with van der Waals surface area (Å²) < 4.78 is 0. The van der Waals surface area contributed by atoms with Crippen LogP contribution in [0.15, 0.2) is 18.3 Å². The lowest BCUT2D eigenvalue weighted by atomic mass is 9.96. The van der Waals surface area contributed by atoms with Crippen molar-refractivity contribution in [1.82, 2.24) is 4.98 Å². The molecule has 0 spiro atoms. The van der Waals surface area contributed by atoms with Gasteiger partial charge in [-0.05, 0) is 31.9 Å². The molecule has 4 heteroatoms. The van der Waals surface area contributed by atoms with Crippen molar-refractivity contribution >= 4 is 17.5 Å². The molecule has 0 unspecified atom stereocenters. The third kappa shape index (κ3) is 2.83. The van der Waals surface area contributed by atoms with Crippen molar-refractivity contribution in [2.75, 3.05) is 11.4 Å². The van der Waals surface area contributed by atoms with E-state index in [0.29, 0.717) is 17.9 Å². The van der Waals surface area contributed by atoms with Gasteiger partial charge < -0.3 is 0 Å². The summed E-state index contributed by atoms with van der Waals surface area (Å²) in [5, 5.41) is 0. The fourth-order valence-corrected chi connectivity index (χ4v) is 2.73. The Morgan fingerprint density at radius 2 is 2.05 bits per heavy atom. The van der Waals surface area contributed by atoms with Gasteiger partial charge in [0, 0.05) is 25.6 Å². The van der Waals surface area contributed by atoms with Gasteiger partial charge in [-0.1, -0.05) is 12.8 Å². The number of hydrogen-bond donors (Lipinski definition) is 0. The fourth-order valence-electron chi connectivity index (χ4n) is 2.73. The van der Waals surface area contributed by atoms with Gasteiger partial charge in [-0.25, -0.2) is 4.98 Å². The van der Waals surface area contributed by atoms with Crippen LogP contribution < -0.4 is 4.90 Å². The normalized spacial score (nSPS) is 15.5. The van der Waals surface area contributed by atoms with Crippen molar-refractivity contribution in [3.05, 3.63) is 23.9 Å². The second-order valence-corrected chi connectivity index (χ2v) is 4.98. The minimum absolute atomic E-state index is 0.0818. The summed E-state index contributed by atoms with van der Waals surface area (Å²) in [4.78, 5) is 30.0. The van der Waals surface area contributed by atoms with Crippen LogP contribution in [0.1, 0.15) is 49.9 Å². The molecule has 0 saturated heterocycles.